The zero-order chi connectivity index (χ0) is 75.2. The first kappa shape index (κ1) is 75.1. The fourth-order valence-electron chi connectivity index (χ4n) is 13.5. The minimum Gasteiger partial charge on any atom is -0.491 e. The Morgan fingerprint density at radius 3 is 0.444 bits per heavy atom. The van der Waals surface area contributed by atoms with Crippen molar-refractivity contribution in [2.24, 2.45) is 0 Å². The van der Waals surface area contributed by atoms with E-state index in [0.717, 1.165) is 131 Å². The van der Waals surface area contributed by atoms with Gasteiger partial charge in [-0.3, -0.25) is 0 Å². The van der Waals surface area contributed by atoms with Gasteiger partial charge in [-0.2, -0.15) is 0 Å². The Hall–Kier alpha value is -11.1. The van der Waals surface area contributed by atoms with Gasteiger partial charge in [-0.1, -0.05) is 313 Å². The van der Waals surface area contributed by atoms with E-state index >= 15 is 0 Å². The number of halogens is 4. The van der Waals surface area contributed by atoms with Crippen molar-refractivity contribution in [3.05, 3.63) is 380 Å². The fraction of sp³-hybridized carbons (Fsp3) is 0.0833. The summed E-state index contributed by atoms with van der Waals surface area (Å²) in [6.07, 6.45) is 0. The molecule has 0 saturated heterocycles. The maximum atomic E-state index is 5.86. The van der Waals surface area contributed by atoms with E-state index in [4.69, 9.17) is 18.9 Å². The number of benzene rings is 12. The van der Waals surface area contributed by atoms with Crippen LogP contribution >= 0.6 is 63.7 Å². The van der Waals surface area contributed by atoms with E-state index < -0.39 is 0 Å². The maximum Gasteiger partial charge on any atom is 0.187 e. The molecule has 12 heteroatoms. The van der Waals surface area contributed by atoms with Crippen molar-refractivity contribution in [3.8, 4) is 136 Å². The summed E-state index contributed by atoms with van der Waals surface area (Å²) in [6, 6.07) is 117. The highest BCUT2D eigenvalue weighted by molar-refractivity contribution is 9.13. The van der Waals surface area contributed by atoms with Crippen LogP contribution in [0.2, 0.25) is 0 Å². The highest BCUT2D eigenvalue weighted by Gasteiger charge is 2.31. The minimum atomic E-state index is 0.730. The lowest BCUT2D eigenvalue weighted by Crippen LogP contribution is -2.00. The molecule has 0 spiro atoms. The number of aromatic nitrogens is 4. The lowest BCUT2D eigenvalue weighted by atomic mass is 10.1. The Morgan fingerprint density at radius 2 is 0.306 bits per heavy atom. The van der Waals surface area contributed by atoms with Gasteiger partial charge >= 0.3 is 0 Å². The Balaban J connectivity index is 0.000000127. The molecule has 12 aromatic carbocycles. The van der Waals surface area contributed by atoms with Crippen molar-refractivity contribution in [1.82, 2.24) is 18.3 Å². The van der Waals surface area contributed by atoms with E-state index in [2.05, 4.69) is 352 Å². The number of hydrogen-bond acceptors (Lipinski definition) is 4. The van der Waals surface area contributed by atoms with Crippen molar-refractivity contribution in [2.75, 3.05) is 28.4 Å². The van der Waals surface area contributed by atoms with Crippen molar-refractivity contribution >= 4 is 63.7 Å². The predicted molar refractivity (Wildman–Crippen MR) is 463 cm³/mol. The topological polar surface area (TPSA) is 56.6 Å². The fourth-order valence-corrected chi connectivity index (χ4v) is 15.9. The van der Waals surface area contributed by atoms with Gasteiger partial charge in [0.15, 0.2) is 23.0 Å². The van der Waals surface area contributed by atoms with E-state index in [0.29, 0.717) is 0 Å². The van der Waals surface area contributed by atoms with Gasteiger partial charge in [-0.25, -0.2) is 0 Å². The second-order valence-electron chi connectivity index (χ2n) is 25.8. The van der Waals surface area contributed by atoms with Crippen molar-refractivity contribution < 1.29 is 18.9 Å². The zero-order valence-electron chi connectivity index (χ0n) is 61.3. The lowest BCUT2D eigenvalue weighted by Gasteiger charge is -2.15. The maximum absolute atomic E-state index is 5.86. The van der Waals surface area contributed by atoms with Crippen LogP contribution in [0.1, 0.15) is 22.3 Å². The molecule has 0 radical (unpaired) electrons. The second-order valence-corrected chi connectivity index (χ2v) is 29.0. The molecule has 4 aromatic heterocycles. The number of aryl methyl sites for hydroxylation is 4. The summed E-state index contributed by atoms with van der Waals surface area (Å²) in [5.74, 6) is 2.92. The first-order valence-corrected chi connectivity index (χ1v) is 38.6. The summed E-state index contributed by atoms with van der Waals surface area (Å²) in [4.78, 5) is 0. The monoisotopic (exact) mass is 1670 g/mol. The quantitative estimate of drug-likeness (QED) is 0.0967. The van der Waals surface area contributed by atoms with Gasteiger partial charge in [0.1, 0.15) is 0 Å². The Morgan fingerprint density at radius 1 is 0.176 bits per heavy atom. The summed E-state index contributed by atoms with van der Waals surface area (Å²) in [6.45, 7) is 8.41. The largest absolute Gasteiger partial charge is 0.491 e. The lowest BCUT2D eigenvalue weighted by molar-refractivity contribution is 0.360. The first-order chi connectivity index (χ1) is 52.8. The molecule has 0 saturated carbocycles. The first-order valence-electron chi connectivity index (χ1n) is 35.5. The van der Waals surface area contributed by atoms with Gasteiger partial charge in [0.05, 0.1) is 91.9 Å². The summed E-state index contributed by atoms with van der Waals surface area (Å²) in [5.41, 5.74) is 26.8. The van der Waals surface area contributed by atoms with Crippen LogP contribution in [0.3, 0.4) is 0 Å². The number of methoxy groups -OCH3 is 4. The number of ether oxygens (including phenoxy) is 4. The van der Waals surface area contributed by atoms with Crippen LogP contribution in [0, 0.1) is 27.7 Å². The van der Waals surface area contributed by atoms with Crippen LogP contribution in [0.15, 0.2) is 358 Å². The molecule has 0 unspecified atom stereocenters. The van der Waals surface area contributed by atoms with Gasteiger partial charge in [-0.15, -0.1) is 0 Å². The molecule has 16 rings (SSSR count). The highest BCUT2D eigenvalue weighted by Crippen LogP contribution is 2.53. The average molecular weight is 1670 g/mol. The van der Waals surface area contributed by atoms with Crippen molar-refractivity contribution in [1.29, 1.82) is 0 Å². The summed E-state index contributed by atoms with van der Waals surface area (Å²) in [7, 11) is 6.77. The van der Waals surface area contributed by atoms with Crippen LogP contribution in [0.25, 0.3) is 113 Å². The minimum absolute atomic E-state index is 0.730. The van der Waals surface area contributed by atoms with Crippen LogP contribution in [0.4, 0.5) is 0 Å². The summed E-state index contributed by atoms with van der Waals surface area (Å²) < 4.78 is 36.8. The van der Waals surface area contributed by atoms with E-state index in [-0.39, 0.29) is 0 Å². The van der Waals surface area contributed by atoms with Gasteiger partial charge in [-0.05, 0) is 162 Å². The molecule has 8 nitrogen and oxygen atoms in total. The van der Waals surface area contributed by atoms with Gasteiger partial charge in [0.2, 0.25) is 0 Å². The molecule has 0 atom stereocenters. The third-order valence-electron chi connectivity index (χ3n) is 18.6. The molecule has 4 heterocycles. The number of rotatable bonds is 16. The Bertz CT molecular complexity index is 5010. The molecule has 0 bridgehead atoms. The normalized spacial score (nSPS) is 10.8. The highest BCUT2D eigenvalue weighted by atomic mass is 79.9. The molecule has 0 aliphatic rings. The molecule has 16 aromatic rings. The number of hydrogen-bond donors (Lipinski definition) is 0. The standard InChI is InChI=1S/2C25H23NO2.2C23H17Br2N/c2*1-18-14-16-21(17-15-18)26-22(19-10-6-4-7-11-19)24(27-2)25(28-3)23(26)20-12-8-5-9-13-20;2*1-16-12-14-19(15-13-16)26-22(17-8-4-2-5-9-17)20(24)21(25)23(26)18-10-6-3-7-11-18/h2*4-17H,1-3H3;2*2-15H,1H3. The third kappa shape index (κ3) is 16.0. The molecule has 0 aliphatic heterocycles. The molecular weight excluding hydrogens is 1590 g/mol. The van der Waals surface area contributed by atoms with E-state index in [1.54, 1.807) is 28.4 Å². The predicted octanol–water partition coefficient (Wildman–Crippen LogP) is 27.6. The van der Waals surface area contributed by atoms with Gasteiger partial charge in [0.25, 0.3) is 0 Å². The number of nitrogens with zero attached hydrogens (tertiary/aromatic N) is 4. The molecule has 108 heavy (non-hydrogen) atoms. The molecule has 536 valence electrons. The average Bonchev–Trinajstić information content (AvgIpc) is 1.58. The third-order valence-corrected chi connectivity index (χ3v) is 22.8. The van der Waals surface area contributed by atoms with Gasteiger partial charge in [0, 0.05) is 45.0 Å². The van der Waals surface area contributed by atoms with E-state index in [1.165, 1.54) is 44.5 Å². The molecule has 0 fully saturated rings. The summed E-state index contributed by atoms with van der Waals surface area (Å²) in [5, 5.41) is 0. The molecule has 0 amide bonds. The summed E-state index contributed by atoms with van der Waals surface area (Å²) >= 11 is 15.3. The SMILES string of the molecule is COc1c(OC)c(-c2ccccc2)n(-c2ccc(C)cc2)c1-c1ccccc1.COc1c(OC)c(-c2ccccc2)n(-c2ccc(C)cc2)c1-c1ccccc1.Cc1ccc(-n2c(-c3ccccc3)c(Br)c(Br)c2-c2ccccc2)cc1.Cc1ccc(-n2c(-c3ccccc3)c(Br)c(Br)c2-c2ccccc2)cc1. The smallest absolute Gasteiger partial charge is 0.187 e. The van der Waals surface area contributed by atoms with Crippen LogP contribution in [-0.4, -0.2) is 46.7 Å². The van der Waals surface area contributed by atoms with Crippen molar-refractivity contribution in [2.45, 2.75) is 27.7 Å². The molecule has 0 N–H and O–H groups in total. The molecule has 0 aliphatic carbocycles. The zero-order valence-corrected chi connectivity index (χ0v) is 67.6. The van der Waals surface area contributed by atoms with E-state index in [1.807, 2.05) is 97.1 Å². The van der Waals surface area contributed by atoms with Crippen molar-refractivity contribution in [3.63, 3.8) is 0 Å². The van der Waals surface area contributed by atoms with Crippen LogP contribution in [-0.2, 0) is 0 Å². The Kier molecular flexibility index (Phi) is 24.4. The Labute approximate surface area is 667 Å². The van der Waals surface area contributed by atoms with Gasteiger partial charge < -0.3 is 37.2 Å². The van der Waals surface area contributed by atoms with Crippen LogP contribution < -0.4 is 18.9 Å². The van der Waals surface area contributed by atoms with Crippen LogP contribution in [0.5, 0.6) is 23.0 Å². The molecular formula is C96H80Br4N4O4. The van der Waals surface area contributed by atoms with E-state index in [9.17, 15) is 0 Å². The second kappa shape index (κ2) is 35.1.